The zero-order valence-electron chi connectivity index (χ0n) is 13.3. The fraction of sp³-hybridized carbons (Fsp3) is 0.471. The summed E-state index contributed by atoms with van der Waals surface area (Å²) in [5.41, 5.74) is 1.95. The highest BCUT2D eigenvalue weighted by molar-refractivity contribution is 6.30. The molecule has 1 aromatic carbocycles. The molecule has 4 nitrogen and oxygen atoms in total. The molecule has 0 aliphatic carbocycles. The molecule has 0 amide bonds. The molecule has 1 saturated heterocycles. The van der Waals surface area contributed by atoms with Crippen molar-refractivity contribution in [2.75, 3.05) is 27.2 Å². The minimum Gasteiger partial charge on any atom is -0.441 e. The predicted molar refractivity (Wildman–Crippen MR) is 89.1 cm³/mol. The van der Waals surface area contributed by atoms with Crippen molar-refractivity contribution in [2.45, 2.75) is 25.9 Å². The molecule has 0 unspecified atom stereocenters. The van der Waals surface area contributed by atoms with Crippen molar-refractivity contribution in [1.29, 1.82) is 0 Å². The number of nitrogens with zero attached hydrogens (tertiary/aromatic N) is 3. The molecule has 0 bridgehead atoms. The van der Waals surface area contributed by atoms with Crippen molar-refractivity contribution >= 4 is 11.6 Å². The first kappa shape index (κ1) is 15.5. The zero-order valence-corrected chi connectivity index (χ0v) is 14.1. The van der Waals surface area contributed by atoms with E-state index in [9.17, 15) is 0 Å². The fourth-order valence-corrected chi connectivity index (χ4v) is 3.10. The number of likely N-dealkylation sites (N-methyl/N-ethyl adjacent to an activating group) is 1. The van der Waals surface area contributed by atoms with Crippen LogP contribution in [0.2, 0.25) is 5.02 Å². The molecule has 1 aromatic heterocycles. The van der Waals surface area contributed by atoms with Gasteiger partial charge in [0.1, 0.15) is 5.76 Å². The predicted octanol–water partition coefficient (Wildman–Crippen LogP) is 3.44. The highest BCUT2D eigenvalue weighted by Gasteiger charge is 2.25. The molecule has 22 heavy (non-hydrogen) atoms. The second-order valence-electron chi connectivity index (χ2n) is 6.17. The Morgan fingerprint density at radius 3 is 2.91 bits per heavy atom. The van der Waals surface area contributed by atoms with Crippen LogP contribution in [0.1, 0.15) is 17.9 Å². The van der Waals surface area contributed by atoms with Crippen molar-refractivity contribution in [3.63, 3.8) is 0 Å². The number of aryl methyl sites for hydroxylation is 1. The van der Waals surface area contributed by atoms with Gasteiger partial charge >= 0.3 is 0 Å². The van der Waals surface area contributed by atoms with Crippen molar-refractivity contribution < 1.29 is 4.42 Å². The van der Waals surface area contributed by atoms with Crippen LogP contribution in [0.5, 0.6) is 0 Å². The van der Waals surface area contributed by atoms with E-state index in [4.69, 9.17) is 16.0 Å². The third-order valence-electron chi connectivity index (χ3n) is 4.32. The molecule has 1 aliphatic heterocycles. The Kier molecular flexibility index (Phi) is 4.52. The minimum absolute atomic E-state index is 0.639. The average Bonchev–Trinajstić information content (AvgIpc) is 3.07. The van der Waals surface area contributed by atoms with Gasteiger partial charge in [0.2, 0.25) is 5.89 Å². The number of rotatable bonds is 4. The van der Waals surface area contributed by atoms with Crippen LogP contribution in [0.3, 0.4) is 0 Å². The quantitative estimate of drug-likeness (QED) is 0.864. The Morgan fingerprint density at radius 2 is 2.23 bits per heavy atom. The lowest BCUT2D eigenvalue weighted by atomic mass is 10.2. The summed E-state index contributed by atoms with van der Waals surface area (Å²) in [7, 11) is 4.29. The number of hydrogen-bond donors (Lipinski definition) is 0. The smallest absolute Gasteiger partial charge is 0.226 e. The first-order valence-electron chi connectivity index (χ1n) is 7.64. The molecule has 3 rings (SSSR count). The molecule has 0 saturated carbocycles. The maximum absolute atomic E-state index is 6.04. The lowest BCUT2D eigenvalue weighted by Crippen LogP contribution is -2.31. The van der Waals surface area contributed by atoms with Gasteiger partial charge in [0.05, 0.1) is 5.69 Å². The second kappa shape index (κ2) is 6.41. The van der Waals surface area contributed by atoms with Crippen LogP contribution >= 0.6 is 11.6 Å². The van der Waals surface area contributed by atoms with Gasteiger partial charge < -0.3 is 9.32 Å². The summed E-state index contributed by atoms with van der Waals surface area (Å²) in [5, 5.41) is 0.697. The summed E-state index contributed by atoms with van der Waals surface area (Å²) in [5.74, 6) is 1.54. The highest BCUT2D eigenvalue weighted by atomic mass is 35.5. The third-order valence-corrected chi connectivity index (χ3v) is 4.55. The molecule has 1 aliphatic rings. The molecule has 118 valence electrons. The van der Waals surface area contributed by atoms with Gasteiger partial charge in [0, 0.05) is 36.3 Å². The molecule has 2 heterocycles. The number of aromatic nitrogens is 1. The lowest BCUT2D eigenvalue weighted by molar-refractivity contribution is 0.262. The normalized spacial score (nSPS) is 19.2. The van der Waals surface area contributed by atoms with Crippen LogP contribution in [0.15, 0.2) is 28.7 Å². The standard InChI is InChI=1S/C17H22ClN3O/c1-12-16(11-21-8-7-15(10-21)20(2)3)19-17(22-12)13-5-4-6-14(18)9-13/h4-6,9,15H,7-8,10-11H2,1-3H3/t15-/m0/s1. The van der Waals surface area contributed by atoms with Gasteiger partial charge in [0.25, 0.3) is 0 Å². The molecule has 1 atom stereocenters. The van der Waals surface area contributed by atoms with Crippen LogP contribution < -0.4 is 0 Å². The fourth-order valence-electron chi connectivity index (χ4n) is 2.91. The van der Waals surface area contributed by atoms with E-state index in [2.05, 4.69) is 28.9 Å². The molecular weight excluding hydrogens is 298 g/mol. The summed E-state index contributed by atoms with van der Waals surface area (Å²) in [6, 6.07) is 8.26. The van der Waals surface area contributed by atoms with Crippen LogP contribution in [-0.2, 0) is 6.54 Å². The second-order valence-corrected chi connectivity index (χ2v) is 6.61. The Hall–Kier alpha value is -1.36. The van der Waals surface area contributed by atoms with Gasteiger partial charge in [-0.3, -0.25) is 4.90 Å². The molecule has 0 radical (unpaired) electrons. The Balaban J connectivity index is 1.73. The number of oxazole rings is 1. The summed E-state index contributed by atoms with van der Waals surface area (Å²) in [6.07, 6.45) is 1.21. The lowest BCUT2D eigenvalue weighted by Gasteiger charge is -2.19. The van der Waals surface area contributed by atoms with E-state index in [0.717, 1.165) is 36.7 Å². The molecule has 0 N–H and O–H groups in total. The SMILES string of the molecule is Cc1oc(-c2cccc(Cl)c2)nc1CN1CC[C@H](N(C)C)C1. The molecule has 1 fully saturated rings. The van der Waals surface area contributed by atoms with Gasteiger partial charge in [0.15, 0.2) is 0 Å². The van der Waals surface area contributed by atoms with E-state index in [-0.39, 0.29) is 0 Å². The van der Waals surface area contributed by atoms with Crippen LogP contribution in [0.4, 0.5) is 0 Å². The summed E-state index contributed by atoms with van der Waals surface area (Å²) >= 11 is 6.04. The van der Waals surface area contributed by atoms with Crippen molar-refractivity contribution in [3.8, 4) is 11.5 Å². The maximum Gasteiger partial charge on any atom is 0.226 e. The Morgan fingerprint density at radius 1 is 1.41 bits per heavy atom. The van der Waals surface area contributed by atoms with E-state index in [1.54, 1.807) is 0 Å². The Bertz CT molecular complexity index is 653. The van der Waals surface area contributed by atoms with Crippen LogP contribution in [0, 0.1) is 6.92 Å². The van der Waals surface area contributed by atoms with E-state index < -0.39 is 0 Å². The summed E-state index contributed by atoms with van der Waals surface area (Å²) < 4.78 is 5.83. The number of hydrogen-bond acceptors (Lipinski definition) is 4. The maximum atomic E-state index is 6.04. The van der Waals surface area contributed by atoms with Gasteiger partial charge in [-0.1, -0.05) is 17.7 Å². The third kappa shape index (κ3) is 3.35. The van der Waals surface area contributed by atoms with Crippen LogP contribution in [0.25, 0.3) is 11.5 Å². The van der Waals surface area contributed by atoms with Gasteiger partial charge in [-0.15, -0.1) is 0 Å². The molecule has 2 aromatic rings. The monoisotopic (exact) mass is 319 g/mol. The highest BCUT2D eigenvalue weighted by Crippen LogP contribution is 2.25. The number of likely N-dealkylation sites (tertiary alicyclic amines) is 1. The van der Waals surface area contributed by atoms with E-state index in [1.807, 2.05) is 31.2 Å². The molecular formula is C17H22ClN3O. The van der Waals surface area contributed by atoms with Crippen molar-refractivity contribution in [3.05, 3.63) is 40.7 Å². The van der Waals surface area contributed by atoms with E-state index >= 15 is 0 Å². The summed E-state index contributed by atoms with van der Waals surface area (Å²) in [4.78, 5) is 9.41. The van der Waals surface area contributed by atoms with Gasteiger partial charge in [-0.2, -0.15) is 0 Å². The van der Waals surface area contributed by atoms with E-state index in [1.165, 1.54) is 6.42 Å². The van der Waals surface area contributed by atoms with Crippen molar-refractivity contribution in [1.82, 2.24) is 14.8 Å². The Labute approximate surface area is 136 Å². The largest absolute Gasteiger partial charge is 0.441 e. The van der Waals surface area contributed by atoms with Gasteiger partial charge in [-0.25, -0.2) is 4.98 Å². The first-order valence-corrected chi connectivity index (χ1v) is 8.02. The molecule has 0 spiro atoms. The van der Waals surface area contributed by atoms with Crippen molar-refractivity contribution in [2.24, 2.45) is 0 Å². The zero-order chi connectivity index (χ0) is 15.7. The van der Waals surface area contributed by atoms with E-state index in [0.29, 0.717) is 17.0 Å². The van der Waals surface area contributed by atoms with Crippen LogP contribution in [-0.4, -0.2) is 48.0 Å². The summed E-state index contributed by atoms with van der Waals surface area (Å²) in [6.45, 7) is 5.03. The minimum atomic E-state index is 0.639. The van der Waals surface area contributed by atoms with Gasteiger partial charge in [-0.05, 0) is 45.6 Å². The number of benzene rings is 1. The topological polar surface area (TPSA) is 32.5 Å². The average molecular weight is 320 g/mol. The first-order chi connectivity index (χ1) is 10.5. The number of halogens is 1. The molecule has 5 heteroatoms.